The van der Waals surface area contributed by atoms with Gasteiger partial charge in [0.15, 0.2) is 0 Å². The molecule has 0 aliphatic heterocycles. The van der Waals surface area contributed by atoms with E-state index in [0.29, 0.717) is 23.6 Å². The lowest BCUT2D eigenvalue weighted by atomic mass is 10.1. The summed E-state index contributed by atoms with van der Waals surface area (Å²) in [6.07, 6.45) is 3.44. The zero-order chi connectivity index (χ0) is 20.1. The van der Waals surface area contributed by atoms with Gasteiger partial charge in [-0.05, 0) is 36.4 Å². The van der Waals surface area contributed by atoms with Crippen molar-refractivity contribution >= 4 is 5.91 Å². The minimum Gasteiger partial charge on any atom is -0.496 e. The maximum Gasteiger partial charge on any atom is 0.255 e. The molecule has 0 spiro atoms. The number of pyridine rings is 1. The second kappa shape index (κ2) is 8.39. The van der Waals surface area contributed by atoms with E-state index >= 15 is 0 Å². The first kappa shape index (κ1) is 18.4. The predicted octanol–water partition coefficient (Wildman–Crippen LogP) is 3.87. The van der Waals surface area contributed by atoms with Crippen LogP contribution in [0.4, 0.5) is 0 Å². The molecular formula is C23H20N4O2. The van der Waals surface area contributed by atoms with E-state index in [0.717, 1.165) is 16.9 Å². The van der Waals surface area contributed by atoms with E-state index < -0.39 is 0 Å². The zero-order valence-electron chi connectivity index (χ0n) is 15.9. The highest BCUT2D eigenvalue weighted by molar-refractivity contribution is 6.00. The Morgan fingerprint density at radius 2 is 1.76 bits per heavy atom. The number of ether oxygens (including phenoxy) is 1. The normalized spacial score (nSPS) is 10.5. The standard InChI is InChI=1S/C23H20N4O2/c1-29-21-13-6-5-12-19(21)22-20(16-27(26-22)18-10-3-2-4-11-18)23(28)25-15-17-9-7-8-14-24-17/h2-14,16H,15H2,1H3,(H,25,28). The van der Waals surface area contributed by atoms with Gasteiger partial charge in [0.2, 0.25) is 0 Å². The van der Waals surface area contributed by atoms with Crippen LogP contribution in [-0.2, 0) is 6.54 Å². The van der Waals surface area contributed by atoms with Crippen LogP contribution in [0, 0.1) is 0 Å². The number of hydrogen-bond acceptors (Lipinski definition) is 4. The summed E-state index contributed by atoms with van der Waals surface area (Å²) < 4.78 is 7.19. The third-order valence-electron chi connectivity index (χ3n) is 4.50. The summed E-state index contributed by atoms with van der Waals surface area (Å²) in [5.41, 5.74) is 3.44. The maximum atomic E-state index is 13.0. The van der Waals surface area contributed by atoms with E-state index in [2.05, 4.69) is 10.3 Å². The Hall–Kier alpha value is -3.93. The predicted molar refractivity (Wildman–Crippen MR) is 111 cm³/mol. The van der Waals surface area contributed by atoms with Crippen LogP contribution in [0.2, 0.25) is 0 Å². The summed E-state index contributed by atoms with van der Waals surface area (Å²) in [6.45, 7) is 0.335. The van der Waals surface area contributed by atoms with Gasteiger partial charge in [-0.15, -0.1) is 0 Å². The topological polar surface area (TPSA) is 69.0 Å². The SMILES string of the molecule is COc1ccccc1-c1nn(-c2ccccc2)cc1C(=O)NCc1ccccn1. The van der Waals surface area contributed by atoms with E-state index in [4.69, 9.17) is 9.84 Å². The van der Waals surface area contributed by atoms with E-state index in [-0.39, 0.29) is 5.91 Å². The second-order valence-corrected chi connectivity index (χ2v) is 6.38. The summed E-state index contributed by atoms with van der Waals surface area (Å²) in [5, 5.41) is 7.63. The Bertz CT molecular complexity index is 1110. The minimum absolute atomic E-state index is 0.223. The van der Waals surface area contributed by atoms with Gasteiger partial charge in [-0.2, -0.15) is 5.10 Å². The van der Waals surface area contributed by atoms with Crippen LogP contribution in [0.25, 0.3) is 16.9 Å². The molecule has 4 rings (SSSR count). The molecule has 4 aromatic rings. The Balaban J connectivity index is 1.73. The number of hydrogen-bond donors (Lipinski definition) is 1. The number of nitrogens with one attached hydrogen (secondary N) is 1. The molecule has 0 unspecified atom stereocenters. The molecule has 29 heavy (non-hydrogen) atoms. The molecule has 0 saturated carbocycles. The van der Waals surface area contributed by atoms with Crippen molar-refractivity contribution in [2.75, 3.05) is 7.11 Å². The van der Waals surface area contributed by atoms with Gasteiger partial charge >= 0.3 is 0 Å². The molecule has 2 aromatic carbocycles. The Morgan fingerprint density at radius 1 is 1.00 bits per heavy atom. The number of carbonyl (C=O) groups is 1. The van der Waals surface area contributed by atoms with Crippen LogP contribution in [0.1, 0.15) is 16.1 Å². The largest absolute Gasteiger partial charge is 0.496 e. The first-order valence-electron chi connectivity index (χ1n) is 9.23. The molecule has 0 bridgehead atoms. The fourth-order valence-corrected chi connectivity index (χ4v) is 3.06. The van der Waals surface area contributed by atoms with Gasteiger partial charge in [0.1, 0.15) is 11.4 Å². The first-order valence-corrected chi connectivity index (χ1v) is 9.23. The smallest absolute Gasteiger partial charge is 0.255 e. The molecular weight excluding hydrogens is 364 g/mol. The van der Waals surface area contributed by atoms with E-state index in [1.807, 2.05) is 72.8 Å². The van der Waals surface area contributed by atoms with Crippen molar-refractivity contribution < 1.29 is 9.53 Å². The van der Waals surface area contributed by atoms with Crippen molar-refractivity contribution in [2.45, 2.75) is 6.54 Å². The molecule has 0 fully saturated rings. The maximum absolute atomic E-state index is 13.0. The van der Waals surface area contributed by atoms with Crippen molar-refractivity contribution in [3.8, 4) is 22.7 Å². The highest BCUT2D eigenvalue weighted by Crippen LogP contribution is 2.31. The van der Waals surface area contributed by atoms with Crippen LogP contribution < -0.4 is 10.1 Å². The molecule has 0 aliphatic carbocycles. The van der Waals surface area contributed by atoms with Crippen molar-refractivity contribution in [1.29, 1.82) is 0 Å². The van der Waals surface area contributed by atoms with Crippen LogP contribution in [0.15, 0.2) is 85.2 Å². The molecule has 2 heterocycles. The third-order valence-corrected chi connectivity index (χ3v) is 4.50. The molecule has 1 amide bonds. The van der Waals surface area contributed by atoms with Crippen LogP contribution in [-0.4, -0.2) is 27.8 Å². The summed E-state index contributed by atoms with van der Waals surface area (Å²) in [6, 6.07) is 22.8. The van der Waals surface area contributed by atoms with Crippen molar-refractivity contribution in [2.24, 2.45) is 0 Å². The molecule has 6 heteroatoms. The van der Waals surface area contributed by atoms with Crippen LogP contribution >= 0.6 is 0 Å². The number of para-hydroxylation sites is 2. The molecule has 0 aliphatic rings. The highest BCUT2D eigenvalue weighted by atomic mass is 16.5. The summed E-state index contributed by atoms with van der Waals surface area (Å²) in [4.78, 5) is 17.3. The second-order valence-electron chi connectivity index (χ2n) is 6.38. The molecule has 0 atom stereocenters. The minimum atomic E-state index is -0.223. The summed E-state index contributed by atoms with van der Waals surface area (Å²) >= 11 is 0. The number of carbonyl (C=O) groups excluding carboxylic acids is 1. The number of aromatic nitrogens is 3. The van der Waals surface area contributed by atoms with Gasteiger partial charge in [-0.3, -0.25) is 9.78 Å². The monoisotopic (exact) mass is 384 g/mol. The first-order chi connectivity index (χ1) is 14.3. The molecule has 0 radical (unpaired) electrons. The molecule has 1 N–H and O–H groups in total. The average Bonchev–Trinajstić information content (AvgIpc) is 3.24. The molecule has 2 aromatic heterocycles. The Labute approximate surface area is 168 Å². The van der Waals surface area contributed by atoms with Crippen LogP contribution in [0.3, 0.4) is 0 Å². The summed E-state index contributed by atoms with van der Waals surface area (Å²) in [7, 11) is 1.61. The van der Waals surface area contributed by atoms with E-state index in [1.54, 1.807) is 24.2 Å². The number of benzene rings is 2. The lowest BCUT2D eigenvalue weighted by Gasteiger charge is -2.08. The van der Waals surface area contributed by atoms with Gasteiger partial charge in [0.25, 0.3) is 5.91 Å². The molecule has 0 saturated heterocycles. The third kappa shape index (κ3) is 4.01. The summed E-state index contributed by atoms with van der Waals surface area (Å²) in [5.74, 6) is 0.434. The van der Waals surface area contributed by atoms with Crippen molar-refractivity contribution in [3.63, 3.8) is 0 Å². The lowest BCUT2D eigenvalue weighted by molar-refractivity contribution is 0.0951. The number of amides is 1. The molecule has 6 nitrogen and oxygen atoms in total. The highest BCUT2D eigenvalue weighted by Gasteiger charge is 2.21. The number of nitrogens with zero attached hydrogens (tertiary/aromatic N) is 3. The van der Waals surface area contributed by atoms with E-state index in [1.165, 1.54) is 0 Å². The van der Waals surface area contributed by atoms with Gasteiger partial charge in [-0.1, -0.05) is 36.4 Å². The lowest BCUT2D eigenvalue weighted by Crippen LogP contribution is -2.23. The zero-order valence-corrected chi connectivity index (χ0v) is 15.9. The fraction of sp³-hybridized carbons (Fsp3) is 0.0870. The quantitative estimate of drug-likeness (QED) is 0.548. The fourth-order valence-electron chi connectivity index (χ4n) is 3.06. The van der Waals surface area contributed by atoms with E-state index in [9.17, 15) is 4.79 Å². The van der Waals surface area contributed by atoms with Crippen molar-refractivity contribution in [1.82, 2.24) is 20.1 Å². The van der Waals surface area contributed by atoms with Gasteiger partial charge in [0, 0.05) is 18.0 Å². The Kier molecular flexibility index (Phi) is 5.33. The van der Waals surface area contributed by atoms with Gasteiger partial charge < -0.3 is 10.1 Å². The molecule has 144 valence electrons. The average molecular weight is 384 g/mol. The van der Waals surface area contributed by atoms with Crippen LogP contribution in [0.5, 0.6) is 5.75 Å². The van der Waals surface area contributed by atoms with Gasteiger partial charge in [-0.25, -0.2) is 4.68 Å². The number of rotatable bonds is 6. The number of methoxy groups -OCH3 is 1. The van der Waals surface area contributed by atoms with Gasteiger partial charge in [0.05, 0.1) is 30.6 Å². The van der Waals surface area contributed by atoms with Crippen molar-refractivity contribution in [3.05, 3.63) is 96.4 Å². The Morgan fingerprint density at radius 3 is 2.52 bits per heavy atom.